The van der Waals surface area contributed by atoms with Gasteiger partial charge in [0.25, 0.3) is 5.91 Å². The number of aromatic nitrogens is 1. The van der Waals surface area contributed by atoms with Crippen LogP contribution in [0.5, 0.6) is 5.75 Å². The molecule has 8 rings (SSSR count). The maximum absolute atomic E-state index is 13.7. The summed E-state index contributed by atoms with van der Waals surface area (Å²) in [5.74, 6) is 1.81. The number of primary amides is 1. The molecule has 2 bridgehead atoms. The number of methoxy groups -OCH3 is 1. The highest BCUT2D eigenvalue weighted by Gasteiger charge is 2.47. The predicted octanol–water partition coefficient (Wildman–Crippen LogP) is 6.76. The Balaban J connectivity index is 1.23. The van der Waals surface area contributed by atoms with Crippen LogP contribution in [0.25, 0.3) is 44.5 Å². The Labute approximate surface area is 265 Å². The van der Waals surface area contributed by atoms with Gasteiger partial charge >= 0.3 is 0 Å². The van der Waals surface area contributed by atoms with Gasteiger partial charge in [-0.3, -0.25) is 9.59 Å². The van der Waals surface area contributed by atoms with Crippen molar-refractivity contribution in [2.45, 2.75) is 51.2 Å². The minimum absolute atomic E-state index is 0.0206. The lowest BCUT2D eigenvalue weighted by Crippen LogP contribution is -2.41. The fraction of sp³-hybridized carbons (Fsp3) is 0.333. The topological polar surface area (TPSA) is 117 Å². The summed E-state index contributed by atoms with van der Waals surface area (Å²) in [7, 11) is 1.64. The average Bonchev–Trinajstić information content (AvgIpc) is 3.44. The van der Waals surface area contributed by atoms with Crippen LogP contribution in [0.3, 0.4) is 0 Å². The number of fused-ring (bicyclic) bond motifs is 4. The van der Waals surface area contributed by atoms with Crippen molar-refractivity contribution in [1.82, 2.24) is 9.47 Å². The van der Waals surface area contributed by atoms with Gasteiger partial charge < -0.3 is 30.1 Å². The molecule has 2 unspecified atom stereocenters. The van der Waals surface area contributed by atoms with Gasteiger partial charge in [-0.2, -0.15) is 0 Å². The SMILES string of the molecule is COc1cc(C(=O)N2CC3CCC2[C@@H]3N)cc2oc(-c3cc4ccc(-c5ccc(C(N)=O)c(Cl)c5)cc4n3CC3CC3)c(C)c12. The molecule has 1 aliphatic heterocycles. The lowest BCUT2D eigenvalue weighted by molar-refractivity contribution is 0.0700. The molecule has 3 atom stereocenters. The summed E-state index contributed by atoms with van der Waals surface area (Å²) in [5.41, 5.74) is 18.3. The number of nitrogens with two attached hydrogens (primary N) is 2. The number of nitrogens with zero attached hydrogens (tertiary/aromatic N) is 2. The number of carbonyl (C=O) groups is 2. The van der Waals surface area contributed by atoms with Crippen LogP contribution in [-0.2, 0) is 6.54 Å². The van der Waals surface area contributed by atoms with Crippen molar-refractivity contribution in [2.24, 2.45) is 23.3 Å². The van der Waals surface area contributed by atoms with Crippen LogP contribution >= 0.6 is 11.6 Å². The number of piperidine rings is 1. The third-order valence-electron chi connectivity index (χ3n) is 10.2. The third-order valence-corrected chi connectivity index (χ3v) is 10.5. The Morgan fingerprint density at radius 1 is 1.02 bits per heavy atom. The molecule has 2 aromatic heterocycles. The number of halogens is 1. The minimum atomic E-state index is -0.550. The van der Waals surface area contributed by atoms with Crippen LogP contribution in [0.1, 0.15) is 52.0 Å². The molecule has 45 heavy (non-hydrogen) atoms. The maximum atomic E-state index is 13.7. The molecule has 3 aliphatic rings. The fourth-order valence-electron chi connectivity index (χ4n) is 7.59. The van der Waals surface area contributed by atoms with Gasteiger partial charge in [0, 0.05) is 47.2 Å². The molecule has 2 aliphatic carbocycles. The monoisotopic (exact) mass is 622 g/mol. The van der Waals surface area contributed by atoms with Crippen LogP contribution in [0, 0.1) is 18.8 Å². The smallest absolute Gasteiger partial charge is 0.254 e. The van der Waals surface area contributed by atoms with Crippen molar-refractivity contribution in [3.63, 3.8) is 0 Å². The van der Waals surface area contributed by atoms with Crippen molar-refractivity contribution in [3.8, 4) is 28.3 Å². The highest BCUT2D eigenvalue weighted by Crippen LogP contribution is 2.44. The Bertz CT molecular complexity index is 2040. The number of benzene rings is 3. The molecule has 3 heterocycles. The molecule has 0 radical (unpaired) electrons. The average molecular weight is 623 g/mol. The fourth-order valence-corrected chi connectivity index (χ4v) is 7.86. The van der Waals surface area contributed by atoms with E-state index in [-0.39, 0.29) is 18.0 Å². The van der Waals surface area contributed by atoms with Gasteiger partial charge in [0.2, 0.25) is 5.91 Å². The van der Waals surface area contributed by atoms with E-state index in [0.29, 0.717) is 45.9 Å². The zero-order valence-corrected chi connectivity index (χ0v) is 26.1. The molecule has 3 fully saturated rings. The van der Waals surface area contributed by atoms with Gasteiger partial charge in [-0.25, -0.2) is 0 Å². The number of aryl methyl sites for hydroxylation is 1. The summed E-state index contributed by atoms with van der Waals surface area (Å²) in [6.45, 7) is 3.63. The van der Waals surface area contributed by atoms with Gasteiger partial charge in [0.05, 0.1) is 28.8 Å². The van der Waals surface area contributed by atoms with E-state index < -0.39 is 5.91 Å². The molecule has 2 saturated carbocycles. The van der Waals surface area contributed by atoms with Crippen LogP contribution in [0.2, 0.25) is 5.02 Å². The lowest BCUT2D eigenvalue weighted by atomic mass is 10.0. The summed E-state index contributed by atoms with van der Waals surface area (Å²) < 4.78 is 14.8. The largest absolute Gasteiger partial charge is 0.496 e. The number of likely N-dealkylation sites (tertiary alicyclic amines) is 1. The van der Waals surface area contributed by atoms with E-state index in [1.807, 2.05) is 23.1 Å². The molecule has 9 heteroatoms. The molecule has 8 nitrogen and oxygen atoms in total. The van der Waals surface area contributed by atoms with Crippen LogP contribution < -0.4 is 16.2 Å². The van der Waals surface area contributed by atoms with Crippen molar-refractivity contribution in [3.05, 3.63) is 76.3 Å². The van der Waals surface area contributed by atoms with Crippen molar-refractivity contribution in [1.29, 1.82) is 0 Å². The van der Waals surface area contributed by atoms with Gasteiger partial charge in [-0.15, -0.1) is 0 Å². The van der Waals surface area contributed by atoms with Crippen LogP contribution in [0.4, 0.5) is 0 Å². The second-order valence-electron chi connectivity index (χ2n) is 13.0. The third kappa shape index (κ3) is 4.53. The molecule has 0 spiro atoms. The van der Waals surface area contributed by atoms with E-state index in [9.17, 15) is 9.59 Å². The second kappa shape index (κ2) is 10.4. The van der Waals surface area contributed by atoms with Crippen molar-refractivity contribution < 1.29 is 18.7 Å². The molecule has 4 N–H and O–H groups in total. The highest BCUT2D eigenvalue weighted by atomic mass is 35.5. The first-order valence-corrected chi connectivity index (χ1v) is 16.0. The predicted molar refractivity (Wildman–Crippen MR) is 176 cm³/mol. The van der Waals surface area contributed by atoms with E-state index in [1.54, 1.807) is 19.2 Å². The van der Waals surface area contributed by atoms with E-state index in [1.165, 1.54) is 12.8 Å². The van der Waals surface area contributed by atoms with Crippen molar-refractivity contribution >= 4 is 45.3 Å². The number of rotatable bonds is 7. The molecule has 2 amide bonds. The quantitative estimate of drug-likeness (QED) is 0.208. The van der Waals surface area contributed by atoms with Crippen LogP contribution in [-0.4, -0.2) is 47.0 Å². The van der Waals surface area contributed by atoms with E-state index in [0.717, 1.165) is 63.8 Å². The zero-order valence-electron chi connectivity index (χ0n) is 25.3. The maximum Gasteiger partial charge on any atom is 0.254 e. The summed E-state index contributed by atoms with van der Waals surface area (Å²) in [5, 5.41) is 2.30. The molecule has 5 aromatic rings. The number of hydrogen-bond donors (Lipinski definition) is 2. The summed E-state index contributed by atoms with van der Waals surface area (Å²) in [6, 6.07) is 17.7. The summed E-state index contributed by atoms with van der Waals surface area (Å²) >= 11 is 6.40. The Kier molecular flexibility index (Phi) is 6.52. The number of carbonyl (C=O) groups excluding carboxylic acids is 2. The first-order chi connectivity index (χ1) is 21.7. The van der Waals surface area contributed by atoms with Crippen molar-refractivity contribution in [2.75, 3.05) is 13.7 Å². The number of ether oxygens (including phenoxy) is 1. The molecular weight excluding hydrogens is 588 g/mol. The van der Waals surface area contributed by atoms with E-state index >= 15 is 0 Å². The highest BCUT2D eigenvalue weighted by molar-refractivity contribution is 6.34. The molecule has 3 aromatic carbocycles. The minimum Gasteiger partial charge on any atom is -0.496 e. The first kappa shape index (κ1) is 28.2. The Morgan fingerprint density at radius 2 is 1.80 bits per heavy atom. The van der Waals surface area contributed by atoms with E-state index in [2.05, 4.69) is 35.8 Å². The standard InChI is InChI=1S/C36H35ClN4O4/c1-18-32-30(44-2)14-24(36(43)41-17-23-8-10-27(41)33(23)38)15-31(32)45-34(18)29-13-22-6-5-21(12-28(22)40(29)16-19-3-4-19)20-7-9-25(35(39)42)26(37)11-20/h5-7,9,11-15,19,23,27,33H,3-4,8,10,16-17,38H2,1-2H3,(H2,39,42)/t23?,27?,33-/m1/s1. The molecular formula is C36H35ClN4O4. The first-order valence-electron chi connectivity index (χ1n) is 15.6. The zero-order chi connectivity index (χ0) is 31.1. The van der Waals surface area contributed by atoms with Gasteiger partial charge in [-0.05, 0) is 92.0 Å². The number of furan rings is 1. The molecule has 230 valence electrons. The van der Waals surface area contributed by atoms with E-state index in [4.69, 9.17) is 32.2 Å². The summed E-state index contributed by atoms with van der Waals surface area (Å²) in [4.78, 5) is 27.4. The lowest BCUT2D eigenvalue weighted by Gasteiger charge is -2.27. The molecule has 1 saturated heterocycles. The van der Waals surface area contributed by atoms with Gasteiger partial charge in [0.15, 0.2) is 5.76 Å². The number of amides is 2. The normalized spacial score (nSPS) is 20.9. The van der Waals surface area contributed by atoms with Gasteiger partial charge in [0.1, 0.15) is 11.3 Å². The Morgan fingerprint density at radius 3 is 2.47 bits per heavy atom. The number of hydrogen-bond acceptors (Lipinski definition) is 5. The summed E-state index contributed by atoms with van der Waals surface area (Å²) in [6.07, 6.45) is 4.44. The van der Waals surface area contributed by atoms with Gasteiger partial charge in [-0.1, -0.05) is 29.8 Å². The van der Waals surface area contributed by atoms with Crippen LogP contribution in [0.15, 0.2) is 59.0 Å². The second-order valence-corrected chi connectivity index (χ2v) is 13.4. The Hall–Kier alpha value is -4.27.